The van der Waals surface area contributed by atoms with Crippen LogP contribution in [-0.2, 0) is 11.2 Å². The van der Waals surface area contributed by atoms with Crippen molar-refractivity contribution in [2.45, 2.75) is 33.1 Å². The number of hydrogen-bond donors (Lipinski definition) is 2. The highest BCUT2D eigenvalue weighted by molar-refractivity contribution is 7.80. The second kappa shape index (κ2) is 9.36. The molecule has 2 rings (SSSR count). The lowest BCUT2D eigenvalue weighted by Crippen LogP contribution is -2.36. The summed E-state index contributed by atoms with van der Waals surface area (Å²) in [6.07, 6.45) is 1.02. The highest BCUT2D eigenvalue weighted by Gasteiger charge is 2.17. The summed E-state index contributed by atoms with van der Waals surface area (Å²) in [6, 6.07) is 13.1. The van der Waals surface area contributed by atoms with Gasteiger partial charge in [0.2, 0.25) is 5.91 Å². The van der Waals surface area contributed by atoms with Crippen molar-refractivity contribution >= 4 is 52.1 Å². The second-order valence-corrected chi connectivity index (χ2v) is 7.88. The molecule has 0 radical (unpaired) electrons. The van der Waals surface area contributed by atoms with Crippen LogP contribution in [-0.4, -0.2) is 11.0 Å². The van der Waals surface area contributed by atoms with Gasteiger partial charge in [-0.05, 0) is 60.8 Å². The van der Waals surface area contributed by atoms with Crippen molar-refractivity contribution in [2.75, 3.05) is 5.32 Å². The average Bonchev–Trinajstić information content (AvgIpc) is 2.57. The third kappa shape index (κ3) is 5.97. The zero-order chi connectivity index (χ0) is 19.3. The van der Waals surface area contributed by atoms with Gasteiger partial charge in [0.25, 0.3) is 0 Å². The van der Waals surface area contributed by atoms with Crippen LogP contribution in [0.1, 0.15) is 37.8 Å². The molecule has 0 bridgehead atoms. The summed E-state index contributed by atoms with van der Waals surface area (Å²) in [5.41, 5.74) is 2.81. The lowest BCUT2D eigenvalue weighted by molar-refractivity contribution is -0.120. The molecule has 1 atom stereocenters. The zero-order valence-electron chi connectivity index (χ0n) is 15.0. The Morgan fingerprint density at radius 2 is 1.73 bits per heavy atom. The van der Waals surface area contributed by atoms with Crippen LogP contribution in [0.2, 0.25) is 10.0 Å². The van der Waals surface area contributed by atoms with E-state index in [-0.39, 0.29) is 16.9 Å². The Bertz CT molecular complexity index is 791. The number of hydrogen-bond acceptors (Lipinski definition) is 2. The Morgan fingerprint density at radius 3 is 2.31 bits per heavy atom. The van der Waals surface area contributed by atoms with Crippen LogP contribution in [0, 0.1) is 5.92 Å². The first kappa shape index (κ1) is 20.7. The van der Waals surface area contributed by atoms with E-state index in [0.717, 1.165) is 12.0 Å². The predicted molar refractivity (Wildman–Crippen MR) is 114 cm³/mol. The second-order valence-electron chi connectivity index (χ2n) is 6.63. The summed E-state index contributed by atoms with van der Waals surface area (Å²) in [5.74, 6) is 0.109. The summed E-state index contributed by atoms with van der Waals surface area (Å²) in [7, 11) is 0. The first-order chi connectivity index (χ1) is 12.3. The molecule has 0 aliphatic carbocycles. The molecule has 2 N–H and O–H groups in total. The van der Waals surface area contributed by atoms with Crippen LogP contribution in [0.3, 0.4) is 0 Å². The van der Waals surface area contributed by atoms with E-state index in [4.69, 9.17) is 35.4 Å². The SMILES string of the molecule is CC(C)Cc1ccc(C(C)C(=O)NC(=S)Nc2ccc(Cl)cc2Cl)cc1. The Balaban J connectivity index is 1.96. The summed E-state index contributed by atoms with van der Waals surface area (Å²) >= 11 is 17.2. The largest absolute Gasteiger partial charge is 0.331 e. The first-order valence-electron chi connectivity index (χ1n) is 8.42. The van der Waals surface area contributed by atoms with Gasteiger partial charge < -0.3 is 10.6 Å². The van der Waals surface area contributed by atoms with Crippen molar-refractivity contribution < 1.29 is 4.79 Å². The van der Waals surface area contributed by atoms with Gasteiger partial charge in [-0.15, -0.1) is 0 Å². The minimum Gasteiger partial charge on any atom is -0.331 e. The van der Waals surface area contributed by atoms with Crippen molar-refractivity contribution in [3.63, 3.8) is 0 Å². The van der Waals surface area contributed by atoms with Gasteiger partial charge in [-0.1, -0.05) is 61.3 Å². The summed E-state index contributed by atoms with van der Waals surface area (Å²) in [5, 5.41) is 6.78. The number of anilines is 1. The Labute approximate surface area is 170 Å². The number of amides is 1. The van der Waals surface area contributed by atoms with Crippen LogP contribution in [0.25, 0.3) is 0 Å². The minimum atomic E-state index is -0.316. The van der Waals surface area contributed by atoms with Crippen LogP contribution in [0.5, 0.6) is 0 Å². The van der Waals surface area contributed by atoms with E-state index in [0.29, 0.717) is 21.7 Å². The fourth-order valence-electron chi connectivity index (χ4n) is 2.53. The minimum absolute atomic E-state index is 0.177. The topological polar surface area (TPSA) is 41.1 Å². The molecule has 0 saturated carbocycles. The Hall–Kier alpha value is -1.62. The molecular weight excluding hydrogens is 387 g/mol. The molecule has 3 nitrogen and oxygen atoms in total. The van der Waals surface area contributed by atoms with Crippen molar-refractivity contribution in [1.82, 2.24) is 5.32 Å². The maximum Gasteiger partial charge on any atom is 0.233 e. The van der Waals surface area contributed by atoms with Gasteiger partial charge in [0.15, 0.2) is 5.11 Å². The van der Waals surface area contributed by atoms with Crippen LogP contribution < -0.4 is 10.6 Å². The molecule has 2 aromatic carbocycles. The third-order valence-electron chi connectivity index (χ3n) is 3.93. The third-order valence-corrected chi connectivity index (χ3v) is 4.68. The molecule has 1 unspecified atom stereocenters. The van der Waals surface area contributed by atoms with Gasteiger partial charge in [0.05, 0.1) is 16.6 Å². The Kier molecular flexibility index (Phi) is 7.44. The van der Waals surface area contributed by atoms with Crippen molar-refractivity contribution in [3.05, 3.63) is 63.6 Å². The fourth-order valence-corrected chi connectivity index (χ4v) is 3.20. The van der Waals surface area contributed by atoms with Crippen molar-refractivity contribution in [1.29, 1.82) is 0 Å². The van der Waals surface area contributed by atoms with E-state index >= 15 is 0 Å². The molecule has 0 aromatic heterocycles. The molecule has 26 heavy (non-hydrogen) atoms. The van der Waals surface area contributed by atoms with E-state index in [2.05, 4.69) is 36.6 Å². The lowest BCUT2D eigenvalue weighted by Gasteiger charge is -2.15. The number of benzene rings is 2. The smallest absolute Gasteiger partial charge is 0.233 e. The van der Waals surface area contributed by atoms with E-state index in [9.17, 15) is 4.79 Å². The van der Waals surface area contributed by atoms with Crippen LogP contribution in [0.15, 0.2) is 42.5 Å². The number of carbonyl (C=O) groups excluding carboxylic acids is 1. The standard InChI is InChI=1S/C20H22Cl2N2OS/c1-12(2)10-14-4-6-15(7-5-14)13(3)19(25)24-20(26)23-18-9-8-16(21)11-17(18)22/h4-9,11-13H,10H2,1-3H3,(H2,23,24,25,26). The molecule has 0 spiro atoms. The van der Waals surface area contributed by atoms with E-state index in [1.807, 2.05) is 19.1 Å². The molecule has 0 saturated heterocycles. The zero-order valence-corrected chi connectivity index (χ0v) is 17.3. The summed E-state index contributed by atoms with van der Waals surface area (Å²) in [4.78, 5) is 12.5. The number of nitrogens with one attached hydrogen (secondary N) is 2. The van der Waals surface area contributed by atoms with Gasteiger partial charge in [-0.2, -0.15) is 0 Å². The number of carbonyl (C=O) groups is 1. The normalized spacial score (nSPS) is 11.9. The van der Waals surface area contributed by atoms with E-state index in [1.54, 1.807) is 18.2 Å². The summed E-state index contributed by atoms with van der Waals surface area (Å²) < 4.78 is 0. The molecule has 2 aromatic rings. The fraction of sp³-hybridized carbons (Fsp3) is 0.300. The van der Waals surface area contributed by atoms with Gasteiger partial charge in [-0.25, -0.2) is 0 Å². The molecule has 138 valence electrons. The predicted octanol–water partition coefficient (Wildman–Crippen LogP) is 5.81. The monoisotopic (exact) mass is 408 g/mol. The lowest BCUT2D eigenvalue weighted by atomic mass is 9.96. The number of halogens is 2. The van der Waals surface area contributed by atoms with Gasteiger partial charge in [0, 0.05) is 5.02 Å². The van der Waals surface area contributed by atoms with E-state index in [1.165, 1.54) is 5.56 Å². The molecule has 6 heteroatoms. The van der Waals surface area contributed by atoms with Crippen molar-refractivity contribution in [3.8, 4) is 0 Å². The van der Waals surface area contributed by atoms with Crippen molar-refractivity contribution in [2.24, 2.45) is 5.92 Å². The molecule has 1 amide bonds. The first-order valence-corrected chi connectivity index (χ1v) is 9.58. The number of thiocarbonyl (C=S) groups is 1. The highest BCUT2D eigenvalue weighted by atomic mass is 35.5. The maximum absolute atomic E-state index is 12.5. The molecule has 0 heterocycles. The van der Waals surface area contributed by atoms with Crippen LogP contribution in [0.4, 0.5) is 5.69 Å². The molecule has 0 aliphatic rings. The Morgan fingerprint density at radius 1 is 1.08 bits per heavy atom. The van der Waals surface area contributed by atoms with Crippen LogP contribution >= 0.6 is 35.4 Å². The van der Waals surface area contributed by atoms with Gasteiger partial charge >= 0.3 is 0 Å². The average molecular weight is 409 g/mol. The van der Waals surface area contributed by atoms with Gasteiger partial charge in [0.1, 0.15) is 0 Å². The molecule has 0 fully saturated rings. The highest BCUT2D eigenvalue weighted by Crippen LogP contribution is 2.25. The van der Waals surface area contributed by atoms with Gasteiger partial charge in [-0.3, -0.25) is 4.79 Å². The molecule has 0 aliphatic heterocycles. The summed E-state index contributed by atoms with van der Waals surface area (Å²) in [6.45, 7) is 6.22. The quantitative estimate of drug-likeness (QED) is 0.613. The maximum atomic E-state index is 12.5. The van der Waals surface area contributed by atoms with E-state index < -0.39 is 0 Å². The molecular formula is C20H22Cl2N2OS. The number of rotatable bonds is 5.